The Morgan fingerprint density at radius 2 is 1.70 bits per heavy atom. The number of likely N-dealkylation sites (tertiary alicyclic amines) is 1. The standard InChI is InChI=1S/C20H29N3O4/c1-26-15-8-19(24)22-11-6-18(7-12-22)27-17-4-2-16(3-5-17)20(25)23-13-9-21-10-14-23/h2-5,18,21H,6-15H2,1H3. The van der Waals surface area contributed by atoms with Crippen LogP contribution in [0.3, 0.4) is 0 Å². The van der Waals surface area contributed by atoms with Gasteiger partial charge in [0.2, 0.25) is 5.91 Å². The third-order valence-electron chi connectivity index (χ3n) is 5.12. The van der Waals surface area contributed by atoms with Crippen LogP contribution < -0.4 is 10.1 Å². The molecule has 0 bridgehead atoms. The van der Waals surface area contributed by atoms with Crippen LogP contribution in [-0.2, 0) is 9.53 Å². The van der Waals surface area contributed by atoms with Gasteiger partial charge in [0, 0.05) is 64.8 Å². The van der Waals surface area contributed by atoms with E-state index in [1.54, 1.807) is 7.11 Å². The highest BCUT2D eigenvalue weighted by Gasteiger charge is 2.24. The van der Waals surface area contributed by atoms with Crippen LogP contribution in [0.5, 0.6) is 5.75 Å². The van der Waals surface area contributed by atoms with E-state index in [1.165, 1.54) is 0 Å². The number of nitrogens with one attached hydrogen (secondary N) is 1. The lowest BCUT2D eigenvalue weighted by atomic mass is 10.1. The van der Waals surface area contributed by atoms with Gasteiger partial charge in [0.05, 0.1) is 13.0 Å². The van der Waals surface area contributed by atoms with Gasteiger partial charge in [-0.3, -0.25) is 9.59 Å². The van der Waals surface area contributed by atoms with Gasteiger partial charge >= 0.3 is 0 Å². The fourth-order valence-corrected chi connectivity index (χ4v) is 3.49. The van der Waals surface area contributed by atoms with Crippen LogP contribution in [0.25, 0.3) is 0 Å². The number of piperidine rings is 1. The summed E-state index contributed by atoms with van der Waals surface area (Å²) in [5.74, 6) is 0.994. The fourth-order valence-electron chi connectivity index (χ4n) is 3.49. The Kier molecular flexibility index (Phi) is 7.06. The zero-order valence-corrected chi connectivity index (χ0v) is 16.0. The molecule has 1 aromatic rings. The van der Waals surface area contributed by atoms with Gasteiger partial charge in [-0.2, -0.15) is 0 Å². The lowest BCUT2D eigenvalue weighted by molar-refractivity contribution is -0.133. The first-order valence-corrected chi connectivity index (χ1v) is 9.71. The smallest absolute Gasteiger partial charge is 0.253 e. The van der Waals surface area contributed by atoms with Crippen molar-refractivity contribution in [2.24, 2.45) is 0 Å². The summed E-state index contributed by atoms with van der Waals surface area (Å²) in [5.41, 5.74) is 0.697. The molecule has 3 rings (SSSR count). The average Bonchev–Trinajstić information content (AvgIpc) is 2.73. The summed E-state index contributed by atoms with van der Waals surface area (Å²) >= 11 is 0. The van der Waals surface area contributed by atoms with E-state index in [2.05, 4.69) is 5.32 Å². The van der Waals surface area contributed by atoms with Crippen molar-refractivity contribution in [1.82, 2.24) is 15.1 Å². The number of nitrogens with zero attached hydrogens (tertiary/aromatic N) is 2. The van der Waals surface area contributed by atoms with Crippen molar-refractivity contribution in [3.63, 3.8) is 0 Å². The molecule has 7 nitrogen and oxygen atoms in total. The van der Waals surface area contributed by atoms with E-state index in [0.717, 1.165) is 44.8 Å². The van der Waals surface area contributed by atoms with Crippen LogP contribution >= 0.6 is 0 Å². The molecule has 0 aromatic heterocycles. The highest BCUT2D eigenvalue weighted by Crippen LogP contribution is 2.20. The maximum Gasteiger partial charge on any atom is 0.253 e. The molecule has 148 valence electrons. The van der Waals surface area contributed by atoms with Crippen LogP contribution in [0.1, 0.15) is 29.6 Å². The van der Waals surface area contributed by atoms with E-state index in [1.807, 2.05) is 34.1 Å². The minimum Gasteiger partial charge on any atom is -0.490 e. The molecule has 2 aliphatic rings. The van der Waals surface area contributed by atoms with Crippen LogP contribution in [-0.4, -0.2) is 80.7 Å². The monoisotopic (exact) mass is 375 g/mol. The van der Waals surface area contributed by atoms with Gasteiger partial charge in [-0.05, 0) is 24.3 Å². The number of carbonyl (C=O) groups excluding carboxylic acids is 2. The van der Waals surface area contributed by atoms with Gasteiger partial charge in [-0.1, -0.05) is 0 Å². The molecule has 7 heteroatoms. The topological polar surface area (TPSA) is 71.1 Å². The molecule has 27 heavy (non-hydrogen) atoms. The molecule has 0 aliphatic carbocycles. The molecule has 0 saturated carbocycles. The van der Waals surface area contributed by atoms with Crippen LogP contribution in [0.4, 0.5) is 0 Å². The first-order chi connectivity index (χ1) is 13.2. The Bertz CT molecular complexity index is 621. The number of rotatable bonds is 6. The van der Waals surface area contributed by atoms with Crippen LogP contribution in [0.2, 0.25) is 0 Å². The van der Waals surface area contributed by atoms with Gasteiger partial charge in [-0.25, -0.2) is 0 Å². The zero-order valence-electron chi connectivity index (χ0n) is 16.0. The van der Waals surface area contributed by atoms with E-state index in [4.69, 9.17) is 9.47 Å². The van der Waals surface area contributed by atoms with Crippen LogP contribution in [0.15, 0.2) is 24.3 Å². The maximum atomic E-state index is 12.5. The third kappa shape index (κ3) is 5.43. The number of amides is 2. The van der Waals surface area contributed by atoms with Crippen molar-refractivity contribution >= 4 is 11.8 Å². The van der Waals surface area contributed by atoms with E-state index in [0.29, 0.717) is 31.7 Å². The first-order valence-electron chi connectivity index (χ1n) is 9.71. The fraction of sp³-hybridized carbons (Fsp3) is 0.600. The Morgan fingerprint density at radius 1 is 1.04 bits per heavy atom. The zero-order chi connectivity index (χ0) is 19.1. The summed E-state index contributed by atoms with van der Waals surface area (Å²) in [6, 6.07) is 7.41. The third-order valence-corrected chi connectivity index (χ3v) is 5.12. The predicted octanol–water partition coefficient (Wildman–Crippen LogP) is 1.14. The normalized spacial score (nSPS) is 18.4. The Morgan fingerprint density at radius 3 is 2.33 bits per heavy atom. The number of hydrogen-bond acceptors (Lipinski definition) is 5. The van der Waals surface area contributed by atoms with Crippen LogP contribution in [0, 0.1) is 0 Å². The second-order valence-electron chi connectivity index (χ2n) is 7.01. The van der Waals surface area contributed by atoms with E-state index in [-0.39, 0.29) is 17.9 Å². The molecular weight excluding hydrogens is 346 g/mol. The molecule has 2 aliphatic heterocycles. The molecule has 0 unspecified atom stereocenters. The number of carbonyl (C=O) groups is 2. The molecule has 0 atom stereocenters. The van der Waals surface area contributed by atoms with Crippen molar-refractivity contribution in [3.05, 3.63) is 29.8 Å². The molecule has 0 spiro atoms. The van der Waals surface area contributed by atoms with E-state index >= 15 is 0 Å². The summed E-state index contributed by atoms with van der Waals surface area (Å²) in [5, 5.41) is 3.25. The highest BCUT2D eigenvalue weighted by atomic mass is 16.5. The molecular formula is C20H29N3O4. The first kappa shape index (κ1) is 19.6. The molecule has 2 saturated heterocycles. The second-order valence-corrected chi connectivity index (χ2v) is 7.01. The number of ether oxygens (including phenoxy) is 2. The Balaban J connectivity index is 1.46. The van der Waals surface area contributed by atoms with Gasteiger partial charge in [0.15, 0.2) is 0 Å². The second kappa shape index (κ2) is 9.71. The molecule has 1 aromatic carbocycles. The predicted molar refractivity (Wildman–Crippen MR) is 102 cm³/mol. The number of piperazine rings is 1. The van der Waals surface area contributed by atoms with Crippen molar-refractivity contribution < 1.29 is 19.1 Å². The van der Waals surface area contributed by atoms with Crippen molar-refractivity contribution in [2.75, 3.05) is 53.0 Å². The Labute approximate surface area is 160 Å². The lowest BCUT2D eigenvalue weighted by Gasteiger charge is -2.32. The number of hydrogen-bond donors (Lipinski definition) is 1. The lowest BCUT2D eigenvalue weighted by Crippen LogP contribution is -2.46. The van der Waals surface area contributed by atoms with Gasteiger partial charge in [0.1, 0.15) is 11.9 Å². The molecule has 2 heterocycles. The summed E-state index contributed by atoms with van der Waals surface area (Å²) in [7, 11) is 1.61. The van der Waals surface area contributed by atoms with Gasteiger partial charge in [0.25, 0.3) is 5.91 Å². The van der Waals surface area contributed by atoms with E-state index < -0.39 is 0 Å². The summed E-state index contributed by atoms with van der Waals surface area (Å²) in [6.45, 7) is 5.09. The number of benzene rings is 1. The van der Waals surface area contributed by atoms with Crippen molar-refractivity contribution in [3.8, 4) is 5.75 Å². The number of methoxy groups -OCH3 is 1. The average molecular weight is 375 g/mol. The summed E-state index contributed by atoms with van der Waals surface area (Å²) in [6.07, 6.45) is 2.18. The van der Waals surface area contributed by atoms with Crippen molar-refractivity contribution in [1.29, 1.82) is 0 Å². The molecule has 2 amide bonds. The minimum atomic E-state index is 0.0749. The van der Waals surface area contributed by atoms with Gasteiger partial charge in [-0.15, -0.1) is 0 Å². The highest BCUT2D eigenvalue weighted by molar-refractivity contribution is 5.94. The summed E-state index contributed by atoms with van der Waals surface area (Å²) < 4.78 is 11.0. The van der Waals surface area contributed by atoms with Crippen molar-refractivity contribution in [2.45, 2.75) is 25.4 Å². The summed E-state index contributed by atoms with van der Waals surface area (Å²) in [4.78, 5) is 28.3. The molecule has 0 radical (unpaired) electrons. The molecule has 1 N–H and O–H groups in total. The largest absolute Gasteiger partial charge is 0.490 e. The maximum absolute atomic E-state index is 12.5. The molecule has 2 fully saturated rings. The van der Waals surface area contributed by atoms with E-state index in [9.17, 15) is 9.59 Å². The van der Waals surface area contributed by atoms with Gasteiger partial charge < -0.3 is 24.6 Å². The Hall–Kier alpha value is -2.12. The quantitative estimate of drug-likeness (QED) is 0.807. The SMILES string of the molecule is COCCC(=O)N1CCC(Oc2ccc(C(=O)N3CCNCC3)cc2)CC1. The minimum absolute atomic E-state index is 0.0749.